The number of hydrogen-bond acceptors (Lipinski definition) is 3. The van der Waals surface area contributed by atoms with Gasteiger partial charge in [0.05, 0.1) is 0 Å². The molecule has 2 aromatic carbocycles. The first-order chi connectivity index (χ1) is 8.06. The maximum absolute atomic E-state index is 9.43. The van der Waals surface area contributed by atoms with Gasteiger partial charge in [-0.1, -0.05) is 0 Å². The summed E-state index contributed by atoms with van der Waals surface area (Å²) in [6.45, 7) is 3.75. The van der Waals surface area contributed by atoms with Gasteiger partial charge in [-0.25, -0.2) is 0 Å². The number of ether oxygens (including phenoxy) is 1. The largest absolute Gasteiger partial charge is 0.508 e. The predicted molar refractivity (Wildman–Crippen MR) is 65.8 cm³/mol. The van der Waals surface area contributed by atoms with Gasteiger partial charge in [-0.15, -0.1) is 0 Å². The summed E-state index contributed by atoms with van der Waals surface area (Å²) in [5, 5.41) is 18.6. The quantitative estimate of drug-likeness (QED) is 0.830. The van der Waals surface area contributed by atoms with E-state index in [1.807, 2.05) is 13.8 Å². The zero-order valence-corrected chi connectivity index (χ0v) is 9.77. The molecule has 0 radical (unpaired) electrons. The van der Waals surface area contributed by atoms with Gasteiger partial charge in [0.25, 0.3) is 0 Å². The SMILES string of the molecule is Cc1cc(O)cc(C)c1Oc1ccc(O)cc1. The van der Waals surface area contributed by atoms with Crippen LogP contribution >= 0.6 is 0 Å². The minimum Gasteiger partial charge on any atom is -0.508 e. The van der Waals surface area contributed by atoms with Crippen LogP contribution < -0.4 is 4.74 Å². The molecule has 88 valence electrons. The van der Waals surface area contributed by atoms with Crippen molar-refractivity contribution < 1.29 is 14.9 Å². The van der Waals surface area contributed by atoms with E-state index >= 15 is 0 Å². The van der Waals surface area contributed by atoms with Gasteiger partial charge in [-0.05, 0) is 61.4 Å². The molecule has 0 spiro atoms. The molecule has 0 aliphatic rings. The van der Waals surface area contributed by atoms with E-state index in [1.54, 1.807) is 36.4 Å². The Morgan fingerprint density at radius 1 is 0.824 bits per heavy atom. The van der Waals surface area contributed by atoms with Gasteiger partial charge in [0.15, 0.2) is 0 Å². The molecule has 2 aromatic rings. The molecule has 0 bridgehead atoms. The number of phenolic OH excluding ortho intramolecular Hbond substituents is 2. The Kier molecular flexibility index (Phi) is 2.91. The summed E-state index contributed by atoms with van der Waals surface area (Å²) in [5.41, 5.74) is 1.74. The second-order valence-electron chi connectivity index (χ2n) is 4.00. The van der Waals surface area contributed by atoms with Crippen molar-refractivity contribution in [1.82, 2.24) is 0 Å². The first-order valence-corrected chi connectivity index (χ1v) is 5.33. The summed E-state index contributed by atoms with van der Waals surface area (Å²) in [7, 11) is 0. The van der Waals surface area contributed by atoms with Crippen LogP contribution in [0.4, 0.5) is 0 Å². The molecule has 0 amide bonds. The van der Waals surface area contributed by atoms with E-state index < -0.39 is 0 Å². The minimum absolute atomic E-state index is 0.205. The van der Waals surface area contributed by atoms with Crippen LogP contribution in [0.25, 0.3) is 0 Å². The highest BCUT2D eigenvalue weighted by molar-refractivity contribution is 5.47. The van der Waals surface area contributed by atoms with Crippen LogP contribution in [0.5, 0.6) is 23.0 Å². The van der Waals surface area contributed by atoms with E-state index in [0.29, 0.717) is 5.75 Å². The Balaban J connectivity index is 2.33. The fraction of sp³-hybridized carbons (Fsp3) is 0.143. The van der Waals surface area contributed by atoms with Gasteiger partial charge in [-0.3, -0.25) is 0 Å². The number of aryl methyl sites for hydroxylation is 2. The zero-order valence-electron chi connectivity index (χ0n) is 9.77. The predicted octanol–water partition coefficient (Wildman–Crippen LogP) is 3.51. The van der Waals surface area contributed by atoms with E-state index in [4.69, 9.17) is 4.74 Å². The molecular weight excluding hydrogens is 216 g/mol. The minimum atomic E-state index is 0.205. The lowest BCUT2D eigenvalue weighted by Gasteiger charge is -2.12. The fourth-order valence-electron chi connectivity index (χ4n) is 1.72. The summed E-state index contributed by atoms with van der Waals surface area (Å²) in [4.78, 5) is 0. The van der Waals surface area contributed by atoms with Crippen molar-refractivity contribution in [2.75, 3.05) is 0 Å². The Labute approximate surface area is 99.9 Å². The first-order valence-electron chi connectivity index (χ1n) is 5.33. The highest BCUT2D eigenvalue weighted by atomic mass is 16.5. The second kappa shape index (κ2) is 4.37. The number of benzene rings is 2. The van der Waals surface area contributed by atoms with Crippen LogP contribution in [-0.4, -0.2) is 10.2 Å². The molecule has 0 saturated carbocycles. The lowest BCUT2D eigenvalue weighted by Crippen LogP contribution is -1.90. The average molecular weight is 230 g/mol. The highest BCUT2D eigenvalue weighted by Crippen LogP contribution is 2.32. The van der Waals surface area contributed by atoms with Gasteiger partial charge >= 0.3 is 0 Å². The van der Waals surface area contributed by atoms with Crippen molar-refractivity contribution in [3.63, 3.8) is 0 Å². The van der Waals surface area contributed by atoms with E-state index in [2.05, 4.69) is 0 Å². The maximum Gasteiger partial charge on any atom is 0.133 e. The molecule has 0 aliphatic carbocycles. The molecule has 2 rings (SSSR count). The molecule has 0 heterocycles. The van der Waals surface area contributed by atoms with Gasteiger partial charge in [0, 0.05) is 0 Å². The summed E-state index contributed by atoms with van der Waals surface area (Å²) in [6, 6.07) is 9.84. The van der Waals surface area contributed by atoms with Crippen molar-refractivity contribution in [3.05, 3.63) is 47.5 Å². The fourth-order valence-corrected chi connectivity index (χ4v) is 1.72. The van der Waals surface area contributed by atoms with Crippen LogP contribution in [0.1, 0.15) is 11.1 Å². The van der Waals surface area contributed by atoms with Gasteiger partial charge in [0.1, 0.15) is 23.0 Å². The van der Waals surface area contributed by atoms with E-state index in [0.717, 1.165) is 16.9 Å². The lowest BCUT2D eigenvalue weighted by molar-refractivity contribution is 0.454. The van der Waals surface area contributed by atoms with E-state index in [-0.39, 0.29) is 11.5 Å². The first kappa shape index (κ1) is 11.3. The molecular formula is C14H14O3. The van der Waals surface area contributed by atoms with Crippen molar-refractivity contribution in [1.29, 1.82) is 0 Å². The molecule has 0 fully saturated rings. The maximum atomic E-state index is 9.43. The second-order valence-corrected chi connectivity index (χ2v) is 4.00. The number of hydrogen-bond donors (Lipinski definition) is 2. The Morgan fingerprint density at radius 2 is 1.35 bits per heavy atom. The third kappa shape index (κ3) is 2.50. The third-order valence-corrected chi connectivity index (χ3v) is 2.50. The van der Waals surface area contributed by atoms with Crippen LogP contribution in [0.15, 0.2) is 36.4 Å². The van der Waals surface area contributed by atoms with Crippen molar-refractivity contribution in [2.45, 2.75) is 13.8 Å². The monoisotopic (exact) mass is 230 g/mol. The summed E-state index contributed by atoms with van der Waals surface area (Å²) >= 11 is 0. The molecule has 0 aromatic heterocycles. The van der Waals surface area contributed by atoms with E-state index in [1.165, 1.54) is 0 Å². The number of aromatic hydroxyl groups is 2. The average Bonchev–Trinajstić information content (AvgIpc) is 2.26. The van der Waals surface area contributed by atoms with Crippen LogP contribution in [-0.2, 0) is 0 Å². The standard InChI is InChI=1S/C14H14O3/c1-9-7-12(16)8-10(2)14(9)17-13-5-3-11(15)4-6-13/h3-8,15-16H,1-2H3. The molecule has 3 heteroatoms. The lowest BCUT2D eigenvalue weighted by atomic mass is 10.1. The molecule has 0 atom stereocenters. The third-order valence-electron chi connectivity index (χ3n) is 2.50. The summed E-state index contributed by atoms with van der Waals surface area (Å²) in [5.74, 6) is 1.82. The topological polar surface area (TPSA) is 49.7 Å². The van der Waals surface area contributed by atoms with Crippen molar-refractivity contribution in [2.24, 2.45) is 0 Å². The number of rotatable bonds is 2. The summed E-state index contributed by atoms with van der Waals surface area (Å²) < 4.78 is 5.73. The molecule has 0 unspecified atom stereocenters. The Hall–Kier alpha value is -2.16. The highest BCUT2D eigenvalue weighted by Gasteiger charge is 2.07. The molecule has 2 N–H and O–H groups in total. The van der Waals surface area contributed by atoms with Crippen LogP contribution in [0.3, 0.4) is 0 Å². The smallest absolute Gasteiger partial charge is 0.133 e. The van der Waals surface area contributed by atoms with Crippen molar-refractivity contribution >= 4 is 0 Å². The molecule has 0 aliphatic heterocycles. The van der Waals surface area contributed by atoms with Gasteiger partial charge < -0.3 is 14.9 Å². The van der Waals surface area contributed by atoms with E-state index in [9.17, 15) is 10.2 Å². The van der Waals surface area contributed by atoms with Crippen LogP contribution in [0.2, 0.25) is 0 Å². The Morgan fingerprint density at radius 3 is 1.88 bits per heavy atom. The zero-order chi connectivity index (χ0) is 12.4. The summed E-state index contributed by atoms with van der Waals surface area (Å²) in [6.07, 6.45) is 0. The van der Waals surface area contributed by atoms with Crippen LogP contribution in [0, 0.1) is 13.8 Å². The van der Waals surface area contributed by atoms with Crippen molar-refractivity contribution in [3.8, 4) is 23.0 Å². The normalized spacial score (nSPS) is 10.2. The van der Waals surface area contributed by atoms with Gasteiger partial charge in [-0.2, -0.15) is 0 Å². The molecule has 0 saturated heterocycles. The molecule has 17 heavy (non-hydrogen) atoms. The van der Waals surface area contributed by atoms with Gasteiger partial charge in [0.2, 0.25) is 0 Å². The molecule has 3 nitrogen and oxygen atoms in total. The number of phenols is 2. The Bertz CT molecular complexity index is 507.